The number of urea groups is 1. The van der Waals surface area contributed by atoms with Crippen LogP contribution in [0, 0.1) is 0 Å². The summed E-state index contributed by atoms with van der Waals surface area (Å²) in [5, 5.41) is 4.89. The number of rotatable bonds is 5. The molecule has 1 aliphatic rings. The second kappa shape index (κ2) is 7.29. The van der Waals surface area contributed by atoms with Crippen LogP contribution in [0.5, 0.6) is 5.75 Å². The normalized spacial score (nSPS) is 20.5. The maximum absolute atomic E-state index is 13.2. The van der Waals surface area contributed by atoms with E-state index in [0.717, 1.165) is 6.07 Å². The molecule has 2 N–H and O–H groups in total. The molecule has 1 aromatic carbocycles. The lowest BCUT2D eigenvalue weighted by atomic mass is 9.89. The first-order valence-corrected chi connectivity index (χ1v) is 7.67. The van der Waals surface area contributed by atoms with Gasteiger partial charge in [0.25, 0.3) is 0 Å². The van der Waals surface area contributed by atoms with Crippen molar-refractivity contribution in [3.8, 4) is 5.75 Å². The van der Waals surface area contributed by atoms with Gasteiger partial charge in [-0.05, 0) is 44.9 Å². The summed E-state index contributed by atoms with van der Waals surface area (Å²) in [6.07, 6.45) is -3.46. The van der Waals surface area contributed by atoms with Gasteiger partial charge >= 0.3 is 12.2 Å². The largest absolute Gasteiger partial charge is 0.491 e. The molecule has 8 heteroatoms. The molecule has 2 rings (SSSR count). The molecule has 1 aliphatic carbocycles. The van der Waals surface area contributed by atoms with Crippen LogP contribution in [0.3, 0.4) is 0 Å². The summed E-state index contributed by atoms with van der Waals surface area (Å²) < 4.78 is 50.0. The molecule has 0 aromatic heterocycles. The topological polar surface area (TPSA) is 59.6 Å². The minimum Gasteiger partial charge on any atom is -0.491 e. The first-order valence-electron chi connectivity index (χ1n) is 7.67. The van der Waals surface area contributed by atoms with Crippen LogP contribution in [0.25, 0.3) is 0 Å². The van der Waals surface area contributed by atoms with Crippen molar-refractivity contribution >= 4 is 11.7 Å². The highest BCUT2D eigenvalue weighted by Crippen LogP contribution is 2.37. The Morgan fingerprint density at radius 2 is 1.96 bits per heavy atom. The number of ether oxygens (including phenoxy) is 2. The summed E-state index contributed by atoms with van der Waals surface area (Å²) in [6.45, 7) is 3.44. The Hall–Kier alpha value is -1.96. The maximum atomic E-state index is 13.2. The van der Waals surface area contributed by atoms with E-state index in [-0.39, 0.29) is 29.7 Å². The van der Waals surface area contributed by atoms with Crippen LogP contribution in [0.1, 0.15) is 32.3 Å². The fourth-order valence-electron chi connectivity index (χ4n) is 2.43. The molecule has 5 nitrogen and oxygen atoms in total. The zero-order chi connectivity index (χ0) is 17.9. The highest BCUT2D eigenvalue weighted by molar-refractivity contribution is 5.90. The van der Waals surface area contributed by atoms with Crippen molar-refractivity contribution in [2.24, 2.45) is 0 Å². The van der Waals surface area contributed by atoms with Crippen LogP contribution in [0.15, 0.2) is 18.2 Å². The van der Waals surface area contributed by atoms with Crippen LogP contribution < -0.4 is 15.4 Å². The number of nitrogens with one attached hydrogen (secondary N) is 2. The second-order valence-corrected chi connectivity index (χ2v) is 6.00. The average molecular weight is 346 g/mol. The summed E-state index contributed by atoms with van der Waals surface area (Å²) >= 11 is 0. The summed E-state index contributed by atoms with van der Waals surface area (Å²) in [4.78, 5) is 11.9. The van der Waals surface area contributed by atoms with E-state index in [1.54, 1.807) is 21.0 Å². The van der Waals surface area contributed by atoms with Crippen molar-refractivity contribution < 1.29 is 27.4 Å². The number of halogens is 3. The molecule has 134 valence electrons. The molecule has 0 unspecified atom stereocenters. The third-order valence-corrected chi connectivity index (χ3v) is 3.68. The van der Waals surface area contributed by atoms with Gasteiger partial charge in [-0.3, -0.25) is 0 Å². The summed E-state index contributed by atoms with van der Waals surface area (Å²) in [5.74, 6) is 0.102. The third-order valence-electron chi connectivity index (χ3n) is 3.68. The van der Waals surface area contributed by atoms with Gasteiger partial charge in [0.1, 0.15) is 5.75 Å². The standard InChI is InChI=1S/C16H21F3N2O3/c1-9(2)24-11-4-5-14(13(8-11)16(17,18)19)21-15(22)20-10-6-12(7-10)23-3/h4-5,8-10,12H,6-7H2,1-3H3,(H2,20,21,22). The number of carbonyl (C=O) groups excluding carboxylic acids is 1. The van der Waals surface area contributed by atoms with Gasteiger partial charge in [-0.1, -0.05) is 0 Å². The van der Waals surface area contributed by atoms with Crippen molar-refractivity contribution in [3.63, 3.8) is 0 Å². The number of amides is 2. The second-order valence-electron chi connectivity index (χ2n) is 6.00. The quantitative estimate of drug-likeness (QED) is 0.853. The van der Waals surface area contributed by atoms with E-state index in [1.807, 2.05) is 0 Å². The first kappa shape index (κ1) is 18.4. The highest BCUT2D eigenvalue weighted by Gasteiger charge is 2.35. The fourth-order valence-corrected chi connectivity index (χ4v) is 2.43. The van der Waals surface area contributed by atoms with E-state index < -0.39 is 17.8 Å². The van der Waals surface area contributed by atoms with E-state index in [9.17, 15) is 18.0 Å². The average Bonchev–Trinajstić information content (AvgIpc) is 2.42. The third kappa shape index (κ3) is 4.77. The number of hydrogen-bond donors (Lipinski definition) is 2. The van der Waals surface area contributed by atoms with Gasteiger partial charge in [0.15, 0.2) is 0 Å². The Bertz CT molecular complexity index is 584. The van der Waals surface area contributed by atoms with Crippen molar-refractivity contribution in [1.29, 1.82) is 0 Å². The minimum atomic E-state index is -4.60. The van der Waals surface area contributed by atoms with E-state index in [0.29, 0.717) is 12.8 Å². The molecule has 1 saturated carbocycles. The molecule has 0 bridgehead atoms. The van der Waals surface area contributed by atoms with E-state index in [1.165, 1.54) is 12.1 Å². The SMILES string of the molecule is COC1CC(NC(=O)Nc2ccc(OC(C)C)cc2C(F)(F)F)C1. The lowest BCUT2D eigenvalue weighted by molar-refractivity contribution is -0.137. The predicted molar refractivity (Wildman–Crippen MR) is 83.2 cm³/mol. The molecule has 0 atom stereocenters. The van der Waals surface area contributed by atoms with Crippen molar-refractivity contribution in [2.75, 3.05) is 12.4 Å². The lowest BCUT2D eigenvalue weighted by Crippen LogP contribution is -2.48. The summed E-state index contributed by atoms with van der Waals surface area (Å²) in [7, 11) is 1.58. The Labute approximate surface area is 138 Å². The number of alkyl halides is 3. The molecule has 0 spiro atoms. The van der Waals surface area contributed by atoms with Gasteiger partial charge < -0.3 is 20.1 Å². The molecule has 0 saturated heterocycles. The van der Waals surface area contributed by atoms with Crippen LogP contribution in [-0.4, -0.2) is 31.4 Å². The van der Waals surface area contributed by atoms with Crippen molar-refractivity contribution in [2.45, 2.75) is 51.1 Å². The number of hydrogen-bond acceptors (Lipinski definition) is 3. The van der Waals surface area contributed by atoms with Gasteiger partial charge in [-0.25, -0.2) is 4.79 Å². The Balaban J connectivity index is 2.07. The van der Waals surface area contributed by atoms with Gasteiger partial charge in [-0.15, -0.1) is 0 Å². The molecule has 2 amide bonds. The maximum Gasteiger partial charge on any atom is 0.418 e. The molecule has 0 heterocycles. The van der Waals surface area contributed by atoms with Gasteiger partial charge in [-0.2, -0.15) is 13.2 Å². The van der Waals surface area contributed by atoms with Gasteiger partial charge in [0.05, 0.1) is 23.5 Å². The lowest BCUT2D eigenvalue weighted by Gasteiger charge is -2.34. The van der Waals surface area contributed by atoms with Crippen LogP contribution in [-0.2, 0) is 10.9 Å². The van der Waals surface area contributed by atoms with Crippen molar-refractivity contribution in [3.05, 3.63) is 23.8 Å². The summed E-state index contributed by atoms with van der Waals surface area (Å²) in [5.41, 5.74) is -1.25. The number of methoxy groups -OCH3 is 1. The van der Waals surface area contributed by atoms with E-state index in [2.05, 4.69) is 10.6 Å². The number of anilines is 1. The molecular weight excluding hydrogens is 325 g/mol. The Morgan fingerprint density at radius 1 is 1.29 bits per heavy atom. The van der Waals surface area contributed by atoms with Crippen molar-refractivity contribution in [1.82, 2.24) is 5.32 Å². The highest BCUT2D eigenvalue weighted by atomic mass is 19.4. The van der Waals surface area contributed by atoms with Gasteiger partial charge in [0.2, 0.25) is 0 Å². The monoisotopic (exact) mass is 346 g/mol. The van der Waals surface area contributed by atoms with Crippen LogP contribution in [0.2, 0.25) is 0 Å². The zero-order valence-electron chi connectivity index (χ0n) is 13.7. The summed E-state index contributed by atoms with van der Waals surface area (Å²) in [6, 6.07) is 2.72. The molecule has 0 aliphatic heterocycles. The van der Waals surface area contributed by atoms with E-state index in [4.69, 9.17) is 9.47 Å². The molecular formula is C16H21F3N2O3. The number of benzene rings is 1. The Kier molecular flexibility index (Phi) is 5.58. The molecule has 24 heavy (non-hydrogen) atoms. The first-order chi connectivity index (χ1) is 11.2. The molecule has 1 aromatic rings. The Morgan fingerprint density at radius 3 is 2.50 bits per heavy atom. The molecule has 1 fully saturated rings. The fraction of sp³-hybridized carbons (Fsp3) is 0.562. The number of carbonyl (C=O) groups is 1. The predicted octanol–water partition coefficient (Wildman–Crippen LogP) is 3.79. The van der Waals surface area contributed by atoms with Crippen LogP contribution >= 0.6 is 0 Å². The zero-order valence-corrected chi connectivity index (χ0v) is 13.7. The minimum absolute atomic E-state index is 0.0900. The van der Waals surface area contributed by atoms with E-state index >= 15 is 0 Å². The molecule has 0 radical (unpaired) electrons. The van der Waals surface area contributed by atoms with Gasteiger partial charge in [0, 0.05) is 13.2 Å². The smallest absolute Gasteiger partial charge is 0.418 e. The van der Waals surface area contributed by atoms with Crippen LogP contribution in [0.4, 0.5) is 23.7 Å².